The van der Waals surface area contributed by atoms with Crippen LogP contribution in [0.2, 0.25) is 0 Å². The van der Waals surface area contributed by atoms with E-state index in [-0.39, 0.29) is 24.7 Å². The predicted molar refractivity (Wildman–Crippen MR) is 59.0 cm³/mol. The highest BCUT2D eigenvalue weighted by molar-refractivity contribution is 5.97. The lowest BCUT2D eigenvalue weighted by Gasteiger charge is -2.00. The molecule has 0 saturated heterocycles. The summed E-state index contributed by atoms with van der Waals surface area (Å²) < 4.78 is 0. The molecular formula is C11H14ClNO. The molecule has 0 unspecified atom stereocenters. The average molecular weight is 212 g/mol. The Morgan fingerprint density at radius 2 is 1.86 bits per heavy atom. The van der Waals surface area contributed by atoms with Crippen LogP contribution in [-0.4, -0.2) is 12.3 Å². The Morgan fingerprint density at radius 1 is 1.29 bits per heavy atom. The maximum absolute atomic E-state index is 11.2. The quantitative estimate of drug-likeness (QED) is 0.779. The number of rotatable bonds is 3. The van der Waals surface area contributed by atoms with Gasteiger partial charge in [-0.15, -0.1) is 12.4 Å². The summed E-state index contributed by atoms with van der Waals surface area (Å²) in [4.78, 5) is 11.2. The summed E-state index contributed by atoms with van der Waals surface area (Å²) in [6.07, 6.45) is 2.59. The van der Waals surface area contributed by atoms with Gasteiger partial charge in [-0.1, -0.05) is 24.3 Å². The van der Waals surface area contributed by atoms with Gasteiger partial charge in [0.25, 0.3) is 0 Å². The normalized spacial score (nSPS) is 14.6. The summed E-state index contributed by atoms with van der Waals surface area (Å²) in [6, 6.07) is 7.84. The molecule has 0 spiro atoms. The molecule has 1 aliphatic carbocycles. The van der Waals surface area contributed by atoms with Crippen molar-refractivity contribution in [2.24, 2.45) is 5.73 Å². The SMILES string of the molecule is Cl.NCC(=O)c1ccc(C2CC2)cc1. The molecule has 0 radical (unpaired) electrons. The molecule has 2 rings (SSSR count). The highest BCUT2D eigenvalue weighted by Gasteiger charge is 2.23. The van der Waals surface area contributed by atoms with Crippen LogP contribution in [0.15, 0.2) is 24.3 Å². The van der Waals surface area contributed by atoms with Gasteiger partial charge in [-0.3, -0.25) is 4.79 Å². The number of halogens is 1. The second-order valence-corrected chi connectivity index (χ2v) is 3.52. The third-order valence-electron chi connectivity index (χ3n) is 2.47. The van der Waals surface area contributed by atoms with Crippen molar-refractivity contribution in [2.75, 3.05) is 6.54 Å². The fourth-order valence-electron chi connectivity index (χ4n) is 1.48. The van der Waals surface area contributed by atoms with Gasteiger partial charge in [-0.25, -0.2) is 0 Å². The van der Waals surface area contributed by atoms with Crippen molar-refractivity contribution in [1.29, 1.82) is 0 Å². The second kappa shape index (κ2) is 4.58. The Hall–Kier alpha value is -0.860. The van der Waals surface area contributed by atoms with Crippen LogP contribution in [0.4, 0.5) is 0 Å². The molecule has 76 valence electrons. The molecule has 0 atom stereocenters. The van der Waals surface area contributed by atoms with E-state index in [9.17, 15) is 4.79 Å². The van der Waals surface area contributed by atoms with Gasteiger partial charge in [-0.2, -0.15) is 0 Å². The lowest BCUT2D eigenvalue weighted by molar-refractivity contribution is 0.100. The molecule has 14 heavy (non-hydrogen) atoms. The summed E-state index contributed by atoms with van der Waals surface area (Å²) in [7, 11) is 0. The van der Waals surface area contributed by atoms with Gasteiger partial charge in [0.15, 0.2) is 5.78 Å². The number of carbonyl (C=O) groups is 1. The summed E-state index contributed by atoms with van der Waals surface area (Å²) in [5, 5.41) is 0. The van der Waals surface area contributed by atoms with E-state index in [1.807, 2.05) is 24.3 Å². The van der Waals surface area contributed by atoms with Crippen LogP contribution in [0.25, 0.3) is 0 Å². The maximum atomic E-state index is 11.2. The zero-order valence-electron chi connectivity index (χ0n) is 7.90. The monoisotopic (exact) mass is 211 g/mol. The van der Waals surface area contributed by atoms with Crippen LogP contribution < -0.4 is 5.73 Å². The lowest BCUT2D eigenvalue weighted by atomic mass is 10.1. The Balaban J connectivity index is 0.000000980. The van der Waals surface area contributed by atoms with Gasteiger partial charge in [0.2, 0.25) is 0 Å². The van der Waals surface area contributed by atoms with Crippen LogP contribution in [0.3, 0.4) is 0 Å². The van der Waals surface area contributed by atoms with E-state index in [1.54, 1.807) is 0 Å². The summed E-state index contributed by atoms with van der Waals surface area (Å²) >= 11 is 0. The Kier molecular flexibility index (Phi) is 3.67. The number of Topliss-reactive ketones (excluding diaryl/α,β-unsaturated/α-hetero) is 1. The lowest BCUT2D eigenvalue weighted by Crippen LogP contribution is -2.13. The molecule has 1 aromatic carbocycles. The number of hydrogen-bond donors (Lipinski definition) is 1. The van der Waals surface area contributed by atoms with E-state index in [1.165, 1.54) is 18.4 Å². The predicted octanol–water partition coefficient (Wildman–Crippen LogP) is 2.13. The molecule has 1 saturated carbocycles. The van der Waals surface area contributed by atoms with Gasteiger partial charge >= 0.3 is 0 Å². The number of carbonyl (C=O) groups excluding carboxylic acids is 1. The van der Waals surface area contributed by atoms with Gasteiger partial charge in [0.05, 0.1) is 6.54 Å². The molecule has 0 aliphatic heterocycles. The average Bonchev–Trinajstić information content (AvgIpc) is 3.00. The number of benzene rings is 1. The highest BCUT2D eigenvalue weighted by atomic mass is 35.5. The zero-order valence-corrected chi connectivity index (χ0v) is 8.72. The minimum absolute atomic E-state index is 0. The number of nitrogens with two attached hydrogens (primary N) is 1. The molecule has 3 heteroatoms. The standard InChI is InChI=1S/C11H13NO.ClH/c12-7-11(13)10-5-3-9(4-6-10)8-1-2-8;/h3-6,8H,1-2,7,12H2;1H. The fourth-order valence-corrected chi connectivity index (χ4v) is 1.48. The van der Waals surface area contributed by atoms with Crippen molar-refractivity contribution in [2.45, 2.75) is 18.8 Å². The van der Waals surface area contributed by atoms with Gasteiger partial charge in [0.1, 0.15) is 0 Å². The van der Waals surface area contributed by atoms with Gasteiger partial charge in [-0.05, 0) is 24.3 Å². The van der Waals surface area contributed by atoms with E-state index in [0.29, 0.717) is 0 Å². The van der Waals surface area contributed by atoms with E-state index >= 15 is 0 Å². The molecule has 0 bridgehead atoms. The minimum Gasteiger partial charge on any atom is -0.324 e. The molecule has 0 amide bonds. The van der Waals surface area contributed by atoms with E-state index in [0.717, 1.165) is 11.5 Å². The Bertz CT molecular complexity index is 317. The number of hydrogen-bond acceptors (Lipinski definition) is 2. The van der Waals surface area contributed by atoms with E-state index in [2.05, 4.69) is 0 Å². The largest absolute Gasteiger partial charge is 0.324 e. The summed E-state index contributed by atoms with van der Waals surface area (Å²) in [5.41, 5.74) is 7.35. The van der Waals surface area contributed by atoms with E-state index < -0.39 is 0 Å². The molecule has 0 heterocycles. The van der Waals surface area contributed by atoms with Crippen molar-refractivity contribution < 1.29 is 4.79 Å². The van der Waals surface area contributed by atoms with Crippen LogP contribution in [0.5, 0.6) is 0 Å². The van der Waals surface area contributed by atoms with Crippen molar-refractivity contribution in [3.63, 3.8) is 0 Å². The molecule has 0 aromatic heterocycles. The molecule has 1 aromatic rings. The third kappa shape index (κ3) is 2.34. The maximum Gasteiger partial charge on any atom is 0.176 e. The van der Waals surface area contributed by atoms with Gasteiger partial charge in [0, 0.05) is 5.56 Å². The first kappa shape index (κ1) is 11.2. The molecule has 2 N–H and O–H groups in total. The minimum atomic E-state index is 0. The van der Waals surface area contributed by atoms with Crippen molar-refractivity contribution >= 4 is 18.2 Å². The topological polar surface area (TPSA) is 43.1 Å². The first-order chi connectivity index (χ1) is 6.31. The summed E-state index contributed by atoms with van der Waals surface area (Å²) in [5.74, 6) is 0.768. The highest BCUT2D eigenvalue weighted by Crippen LogP contribution is 2.39. The first-order valence-electron chi connectivity index (χ1n) is 4.64. The molecule has 2 nitrogen and oxygen atoms in total. The number of ketones is 1. The van der Waals surface area contributed by atoms with Crippen LogP contribution in [0.1, 0.15) is 34.7 Å². The molecular weight excluding hydrogens is 198 g/mol. The zero-order chi connectivity index (χ0) is 9.26. The Morgan fingerprint density at radius 3 is 2.29 bits per heavy atom. The molecule has 1 fully saturated rings. The first-order valence-corrected chi connectivity index (χ1v) is 4.64. The fraction of sp³-hybridized carbons (Fsp3) is 0.364. The Labute approximate surface area is 89.9 Å². The van der Waals surface area contributed by atoms with Crippen LogP contribution in [0, 0.1) is 0 Å². The van der Waals surface area contributed by atoms with Crippen molar-refractivity contribution in [3.05, 3.63) is 35.4 Å². The molecule has 1 aliphatic rings. The van der Waals surface area contributed by atoms with Crippen molar-refractivity contribution in [3.8, 4) is 0 Å². The van der Waals surface area contributed by atoms with Gasteiger partial charge < -0.3 is 5.73 Å². The van der Waals surface area contributed by atoms with Crippen LogP contribution in [-0.2, 0) is 0 Å². The second-order valence-electron chi connectivity index (χ2n) is 3.52. The van der Waals surface area contributed by atoms with Crippen LogP contribution >= 0.6 is 12.4 Å². The van der Waals surface area contributed by atoms with Crippen molar-refractivity contribution in [1.82, 2.24) is 0 Å². The van der Waals surface area contributed by atoms with E-state index in [4.69, 9.17) is 5.73 Å². The summed E-state index contributed by atoms with van der Waals surface area (Å²) in [6.45, 7) is 0.1000. The smallest absolute Gasteiger partial charge is 0.176 e. The third-order valence-corrected chi connectivity index (χ3v) is 2.47.